The predicted molar refractivity (Wildman–Crippen MR) is 82.6 cm³/mol. The number of ether oxygens (including phenoxy) is 2. The van der Waals surface area contributed by atoms with Crippen molar-refractivity contribution < 1.29 is 23.0 Å². The second-order valence-electron chi connectivity index (χ2n) is 4.71. The number of halogens is 2. The summed E-state index contributed by atoms with van der Waals surface area (Å²) in [6.07, 6.45) is 0. The highest BCUT2D eigenvalue weighted by atomic mass is 19.1. The molecule has 0 fully saturated rings. The summed E-state index contributed by atoms with van der Waals surface area (Å²) in [6, 6.07) is 8.08. The number of para-hydroxylation sites is 1. The van der Waals surface area contributed by atoms with Crippen LogP contribution < -0.4 is 10.1 Å². The lowest BCUT2D eigenvalue weighted by atomic mass is 10.1. The average molecular weight is 321 g/mol. The van der Waals surface area contributed by atoms with Crippen LogP contribution in [0.2, 0.25) is 0 Å². The number of carbonyl (C=O) groups is 1. The molecule has 0 heterocycles. The molecule has 0 spiro atoms. The zero-order valence-electron chi connectivity index (χ0n) is 12.9. The third-order valence-corrected chi connectivity index (χ3v) is 3.21. The molecule has 0 saturated carbocycles. The van der Waals surface area contributed by atoms with E-state index in [1.807, 2.05) is 6.92 Å². The largest absolute Gasteiger partial charge is 0.496 e. The number of hydrogen-bond acceptors (Lipinski definition) is 3. The molecular formula is C17H17F2NO3. The van der Waals surface area contributed by atoms with E-state index in [1.54, 1.807) is 12.1 Å². The molecule has 23 heavy (non-hydrogen) atoms. The van der Waals surface area contributed by atoms with Crippen LogP contribution in [0.15, 0.2) is 36.4 Å². The molecule has 2 rings (SSSR count). The van der Waals surface area contributed by atoms with Gasteiger partial charge < -0.3 is 14.8 Å². The number of carbonyl (C=O) groups excluding carboxylic acids is 1. The average Bonchev–Trinajstić information content (AvgIpc) is 2.56. The maximum absolute atomic E-state index is 13.6. The van der Waals surface area contributed by atoms with Crippen molar-refractivity contribution in [1.82, 2.24) is 0 Å². The Kier molecular flexibility index (Phi) is 5.65. The fourth-order valence-corrected chi connectivity index (χ4v) is 2.05. The number of benzene rings is 2. The summed E-state index contributed by atoms with van der Waals surface area (Å²) in [5.74, 6) is -1.70. The molecule has 0 radical (unpaired) electrons. The quantitative estimate of drug-likeness (QED) is 0.881. The van der Waals surface area contributed by atoms with Crippen LogP contribution in [0.3, 0.4) is 0 Å². The Morgan fingerprint density at radius 2 is 1.87 bits per heavy atom. The van der Waals surface area contributed by atoms with Crippen molar-refractivity contribution in [3.05, 3.63) is 59.2 Å². The van der Waals surface area contributed by atoms with Crippen LogP contribution in [-0.2, 0) is 11.3 Å². The van der Waals surface area contributed by atoms with E-state index in [2.05, 4.69) is 5.32 Å². The normalized spacial score (nSPS) is 10.4. The highest BCUT2D eigenvalue weighted by Crippen LogP contribution is 2.23. The number of methoxy groups -OCH3 is 1. The van der Waals surface area contributed by atoms with Gasteiger partial charge in [-0.05, 0) is 37.3 Å². The van der Waals surface area contributed by atoms with Crippen molar-refractivity contribution in [3.8, 4) is 5.75 Å². The van der Waals surface area contributed by atoms with E-state index >= 15 is 0 Å². The SMILES string of the molecule is CCOCc1cc(C(=O)Nc2c(F)cccc2F)ccc1OC. The van der Waals surface area contributed by atoms with Crippen LogP contribution in [0, 0.1) is 11.6 Å². The summed E-state index contributed by atoms with van der Waals surface area (Å²) >= 11 is 0. The minimum absolute atomic E-state index is 0.253. The van der Waals surface area contributed by atoms with Crippen LogP contribution in [0.25, 0.3) is 0 Å². The lowest BCUT2D eigenvalue weighted by molar-refractivity contribution is 0.102. The van der Waals surface area contributed by atoms with Gasteiger partial charge in [0, 0.05) is 17.7 Å². The van der Waals surface area contributed by atoms with E-state index in [0.717, 1.165) is 12.1 Å². The Morgan fingerprint density at radius 1 is 1.17 bits per heavy atom. The lowest BCUT2D eigenvalue weighted by Gasteiger charge is -2.12. The molecule has 0 aromatic heterocycles. The molecule has 6 heteroatoms. The van der Waals surface area contributed by atoms with Crippen LogP contribution in [-0.4, -0.2) is 19.6 Å². The molecule has 2 aromatic rings. The van der Waals surface area contributed by atoms with E-state index < -0.39 is 23.2 Å². The molecule has 0 atom stereocenters. The first kappa shape index (κ1) is 16.9. The monoisotopic (exact) mass is 321 g/mol. The summed E-state index contributed by atoms with van der Waals surface area (Å²) in [5, 5.41) is 2.24. The van der Waals surface area contributed by atoms with Crippen molar-refractivity contribution in [3.63, 3.8) is 0 Å². The van der Waals surface area contributed by atoms with E-state index in [9.17, 15) is 13.6 Å². The summed E-state index contributed by atoms with van der Waals surface area (Å²) < 4.78 is 37.7. The van der Waals surface area contributed by atoms with Gasteiger partial charge in [-0.25, -0.2) is 8.78 Å². The van der Waals surface area contributed by atoms with Crippen LogP contribution >= 0.6 is 0 Å². The van der Waals surface area contributed by atoms with Crippen molar-refractivity contribution in [2.75, 3.05) is 19.0 Å². The van der Waals surface area contributed by atoms with Gasteiger partial charge in [0.15, 0.2) is 0 Å². The fraction of sp³-hybridized carbons (Fsp3) is 0.235. The highest BCUT2D eigenvalue weighted by molar-refractivity contribution is 6.04. The van der Waals surface area contributed by atoms with Crippen LogP contribution in [0.4, 0.5) is 14.5 Å². The van der Waals surface area contributed by atoms with Crippen molar-refractivity contribution in [2.45, 2.75) is 13.5 Å². The maximum atomic E-state index is 13.6. The molecule has 1 amide bonds. The van der Waals surface area contributed by atoms with Gasteiger partial charge in [-0.3, -0.25) is 4.79 Å². The summed E-state index contributed by atoms with van der Waals surface area (Å²) in [4.78, 5) is 12.2. The van der Waals surface area contributed by atoms with Gasteiger partial charge in [0.25, 0.3) is 5.91 Å². The molecule has 0 unspecified atom stereocenters. The Hall–Kier alpha value is -2.47. The zero-order chi connectivity index (χ0) is 16.8. The second kappa shape index (κ2) is 7.69. The number of hydrogen-bond donors (Lipinski definition) is 1. The Bertz CT molecular complexity index is 684. The van der Waals surface area contributed by atoms with Gasteiger partial charge in [0.05, 0.1) is 13.7 Å². The first-order valence-corrected chi connectivity index (χ1v) is 7.06. The van der Waals surface area contributed by atoms with Crippen LogP contribution in [0.1, 0.15) is 22.8 Å². The van der Waals surface area contributed by atoms with E-state index in [4.69, 9.17) is 9.47 Å². The number of anilines is 1. The van der Waals surface area contributed by atoms with Crippen molar-refractivity contribution in [2.24, 2.45) is 0 Å². The van der Waals surface area contributed by atoms with Gasteiger partial charge in [-0.1, -0.05) is 6.07 Å². The van der Waals surface area contributed by atoms with Crippen molar-refractivity contribution >= 4 is 11.6 Å². The molecular weight excluding hydrogens is 304 g/mol. The second-order valence-corrected chi connectivity index (χ2v) is 4.71. The molecule has 1 N–H and O–H groups in total. The first-order chi connectivity index (χ1) is 11.1. The predicted octanol–water partition coefficient (Wildman–Crippen LogP) is 3.76. The number of amides is 1. The van der Waals surface area contributed by atoms with E-state index in [-0.39, 0.29) is 12.2 Å². The molecule has 0 aliphatic heterocycles. The molecule has 4 nitrogen and oxygen atoms in total. The zero-order valence-corrected chi connectivity index (χ0v) is 12.9. The van der Waals surface area contributed by atoms with Gasteiger partial charge in [0.2, 0.25) is 0 Å². The fourth-order valence-electron chi connectivity index (χ4n) is 2.05. The molecule has 0 bridgehead atoms. The topological polar surface area (TPSA) is 47.6 Å². The summed E-state index contributed by atoms with van der Waals surface area (Å²) in [5.41, 5.74) is 0.457. The molecule has 0 aliphatic carbocycles. The standard InChI is InChI=1S/C17H17F2NO3/c1-3-23-10-12-9-11(7-8-15(12)22-2)17(21)20-16-13(18)5-4-6-14(16)19/h4-9H,3,10H2,1-2H3,(H,20,21). The number of nitrogens with one attached hydrogen (secondary N) is 1. The minimum Gasteiger partial charge on any atom is -0.496 e. The summed E-state index contributed by atoms with van der Waals surface area (Å²) in [7, 11) is 1.51. The van der Waals surface area contributed by atoms with Crippen molar-refractivity contribution in [1.29, 1.82) is 0 Å². The highest BCUT2D eigenvalue weighted by Gasteiger charge is 2.15. The lowest BCUT2D eigenvalue weighted by Crippen LogP contribution is -2.15. The van der Waals surface area contributed by atoms with Crippen LogP contribution in [0.5, 0.6) is 5.75 Å². The Morgan fingerprint density at radius 3 is 2.48 bits per heavy atom. The number of rotatable bonds is 6. The van der Waals surface area contributed by atoms with Gasteiger partial charge in [0.1, 0.15) is 23.1 Å². The minimum atomic E-state index is -0.832. The first-order valence-electron chi connectivity index (χ1n) is 7.06. The van der Waals surface area contributed by atoms with Gasteiger partial charge in [-0.2, -0.15) is 0 Å². The van der Waals surface area contributed by atoms with E-state index in [1.165, 1.54) is 19.2 Å². The molecule has 0 aliphatic rings. The molecule has 2 aromatic carbocycles. The summed E-state index contributed by atoms with van der Waals surface area (Å²) in [6.45, 7) is 2.64. The maximum Gasteiger partial charge on any atom is 0.255 e. The third-order valence-electron chi connectivity index (χ3n) is 3.21. The van der Waals surface area contributed by atoms with Gasteiger partial charge >= 0.3 is 0 Å². The Balaban J connectivity index is 2.25. The van der Waals surface area contributed by atoms with E-state index in [0.29, 0.717) is 17.9 Å². The molecule has 0 saturated heterocycles. The van der Waals surface area contributed by atoms with Gasteiger partial charge in [-0.15, -0.1) is 0 Å². The smallest absolute Gasteiger partial charge is 0.255 e. The third kappa shape index (κ3) is 4.04. The Labute approximate surface area is 133 Å². The molecule has 122 valence electrons.